The summed E-state index contributed by atoms with van der Waals surface area (Å²) in [6.45, 7) is 2.08. The Morgan fingerprint density at radius 2 is 2.24 bits per heavy atom. The first-order chi connectivity index (χ1) is 8.19. The maximum absolute atomic E-state index is 9.64. The number of hydrogen-bond donors (Lipinski definition) is 2. The van der Waals surface area contributed by atoms with E-state index in [1.807, 2.05) is 18.2 Å². The van der Waals surface area contributed by atoms with E-state index in [2.05, 4.69) is 38.9 Å². The highest BCUT2D eigenvalue weighted by Crippen LogP contribution is 2.18. The number of aromatic amines is 1. The molecule has 0 fully saturated rings. The number of nitrogens with zero attached hydrogens (tertiary/aromatic N) is 1. The molecule has 0 atom stereocenters. The molecule has 2 N–H and O–H groups in total. The van der Waals surface area contributed by atoms with Crippen molar-refractivity contribution in [1.29, 1.82) is 0 Å². The van der Waals surface area contributed by atoms with E-state index in [1.54, 1.807) is 0 Å². The lowest BCUT2D eigenvalue weighted by atomic mass is 10.1. The van der Waals surface area contributed by atoms with Gasteiger partial charge in [0.1, 0.15) is 5.82 Å². The second-order valence-corrected chi connectivity index (χ2v) is 4.96. The molecule has 90 valence electrons. The number of rotatable bonds is 4. The summed E-state index contributed by atoms with van der Waals surface area (Å²) in [5.74, 6) is 0.945. The lowest BCUT2D eigenvalue weighted by Gasteiger charge is -1.98. The van der Waals surface area contributed by atoms with Gasteiger partial charge in [-0.25, -0.2) is 0 Å². The van der Waals surface area contributed by atoms with Crippen LogP contribution in [0.3, 0.4) is 0 Å². The molecule has 0 saturated heterocycles. The van der Waals surface area contributed by atoms with Gasteiger partial charge in [-0.15, -0.1) is 0 Å². The average Bonchev–Trinajstić information content (AvgIpc) is 2.60. The number of benzene rings is 1. The van der Waals surface area contributed by atoms with Crippen LogP contribution < -0.4 is 0 Å². The van der Waals surface area contributed by atoms with E-state index in [-0.39, 0.29) is 5.88 Å². The van der Waals surface area contributed by atoms with Gasteiger partial charge in [0.25, 0.3) is 0 Å². The van der Waals surface area contributed by atoms with Crippen LogP contribution in [0.5, 0.6) is 5.88 Å². The van der Waals surface area contributed by atoms with Crippen LogP contribution in [0, 0.1) is 0 Å². The number of aromatic hydroxyl groups is 1. The predicted octanol–water partition coefficient (Wildman–Crippen LogP) is 3.42. The van der Waals surface area contributed by atoms with Crippen molar-refractivity contribution in [2.24, 2.45) is 0 Å². The zero-order valence-corrected chi connectivity index (χ0v) is 11.3. The third-order valence-electron chi connectivity index (χ3n) is 2.57. The van der Waals surface area contributed by atoms with Crippen LogP contribution in [-0.2, 0) is 12.8 Å². The maximum atomic E-state index is 9.64. The zero-order chi connectivity index (χ0) is 12.3. The number of H-pyrrole nitrogens is 1. The number of imidazole rings is 1. The van der Waals surface area contributed by atoms with Gasteiger partial charge in [-0.2, -0.15) is 4.98 Å². The van der Waals surface area contributed by atoms with Crippen LogP contribution in [-0.4, -0.2) is 15.1 Å². The first kappa shape index (κ1) is 12.2. The highest BCUT2D eigenvalue weighted by molar-refractivity contribution is 9.10. The van der Waals surface area contributed by atoms with Gasteiger partial charge in [0.2, 0.25) is 5.88 Å². The van der Waals surface area contributed by atoms with E-state index in [9.17, 15) is 5.11 Å². The van der Waals surface area contributed by atoms with Gasteiger partial charge in [0, 0.05) is 10.9 Å². The van der Waals surface area contributed by atoms with Gasteiger partial charge in [-0.3, -0.25) is 0 Å². The largest absolute Gasteiger partial charge is 0.492 e. The molecule has 0 aliphatic carbocycles. The van der Waals surface area contributed by atoms with Gasteiger partial charge in [-0.05, 0) is 24.1 Å². The van der Waals surface area contributed by atoms with Crippen LogP contribution in [0.2, 0.25) is 0 Å². The van der Waals surface area contributed by atoms with Gasteiger partial charge in [-0.1, -0.05) is 41.4 Å². The standard InChI is InChI=1S/C13H15BrN2O/c1-2-4-11-13(17)16-12(15-11)8-9-5-3-6-10(14)7-9/h3,5-7,17H,2,4,8H2,1H3,(H,15,16). The fraction of sp³-hybridized carbons (Fsp3) is 0.308. The summed E-state index contributed by atoms with van der Waals surface area (Å²) < 4.78 is 1.06. The fourth-order valence-corrected chi connectivity index (χ4v) is 2.25. The van der Waals surface area contributed by atoms with Crippen molar-refractivity contribution in [3.63, 3.8) is 0 Å². The zero-order valence-electron chi connectivity index (χ0n) is 9.70. The third kappa shape index (κ3) is 3.09. The molecule has 1 heterocycles. The average molecular weight is 295 g/mol. The summed E-state index contributed by atoms with van der Waals surface area (Å²) in [6, 6.07) is 8.09. The molecular weight excluding hydrogens is 280 g/mol. The van der Waals surface area contributed by atoms with Crippen LogP contribution >= 0.6 is 15.9 Å². The SMILES string of the molecule is CCCc1[nH]c(Cc2cccc(Br)c2)nc1O. The maximum Gasteiger partial charge on any atom is 0.232 e. The van der Waals surface area contributed by atoms with E-state index in [4.69, 9.17) is 0 Å². The minimum atomic E-state index is 0.136. The molecule has 2 aromatic rings. The molecule has 0 saturated carbocycles. The number of halogens is 1. The number of hydrogen-bond acceptors (Lipinski definition) is 2. The van der Waals surface area contributed by atoms with Crippen LogP contribution in [0.1, 0.15) is 30.4 Å². The molecule has 17 heavy (non-hydrogen) atoms. The first-order valence-electron chi connectivity index (χ1n) is 5.70. The van der Waals surface area contributed by atoms with E-state index in [0.29, 0.717) is 6.42 Å². The van der Waals surface area contributed by atoms with Crippen molar-refractivity contribution in [1.82, 2.24) is 9.97 Å². The smallest absolute Gasteiger partial charge is 0.232 e. The van der Waals surface area contributed by atoms with Crippen molar-refractivity contribution < 1.29 is 5.11 Å². The van der Waals surface area contributed by atoms with Crippen LogP contribution in [0.25, 0.3) is 0 Å². The van der Waals surface area contributed by atoms with Crippen molar-refractivity contribution >= 4 is 15.9 Å². The third-order valence-corrected chi connectivity index (χ3v) is 3.06. The molecule has 1 aromatic heterocycles. The van der Waals surface area contributed by atoms with Gasteiger partial charge < -0.3 is 10.1 Å². The Balaban J connectivity index is 2.16. The van der Waals surface area contributed by atoms with Crippen molar-refractivity contribution in [2.45, 2.75) is 26.2 Å². The van der Waals surface area contributed by atoms with Gasteiger partial charge >= 0.3 is 0 Å². The van der Waals surface area contributed by atoms with Crippen molar-refractivity contribution in [3.8, 4) is 5.88 Å². The van der Waals surface area contributed by atoms with Crippen molar-refractivity contribution in [3.05, 3.63) is 45.8 Å². The Hall–Kier alpha value is -1.29. The molecule has 2 rings (SSSR count). The number of nitrogens with one attached hydrogen (secondary N) is 1. The first-order valence-corrected chi connectivity index (χ1v) is 6.49. The van der Waals surface area contributed by atoms with E-state index in [1.165, 1.54) is 0 Å². The van der Waals surface area contributed by atoms with Crippen molar-refractivity contribution in [2.75, 3.05) is 0 Å². The molecule has 4 heteroatoms. The minimum Gasteiger partial charge on any atom is -0.492 e. The Morgan fingerprint density at radius 3 is 2.94 bits per heavy atom. The summed E-state index contributed by atoms with van der Waals surface area (Å²) >= 11 is 3.44. The van der Waals surface area contributed by atoms with E-state index >= 15 is 0 Å². The molecule has 0 bridgehead atoms. The molecule has 0 amide bonds. The van der Waals surface area contributed by atoms with E-state index in [0.717, 1.165) is 34.4 Å². The lowest BCUT2D eigenvalue weighted by molar-refractivity contribution is 0.448. The topological polar surface area (TPSA) is 48.9 Å². The highest BCUT2D eigenvalue weighted by atomic mass is 79.9. The quantitative estimate of drug-likeness (QED) is 0.908. The summed E-state index contributed by atoms with van der Waals surface area (Å²) in [6.07, 6.45) is 2.53. The summed E-state index contributed by atoms with van der Waals surface area (Å²) in [5.41, 5.74) is 1.99. The molecular formula is C13H15BrN2O. The Labute approximate surface area is 109 Å². The minimum absolute atomic E-state index is 0.136. The summed E-state index contributed by atoms with van der Waals surface area (Å²) in [7, 11) is 0. The van der Waals surface area contributed by atoms with Gasteiger partial charge in [0.15, 0.2) is 0 Å². The Kier molecular flexibility index (Phi) is 3.84. The molecule has 3 nitrogen and oxygen atoms in total. The normalized spacial score (nSPS) is 10.7. The lowest BCUT2D eigenvalue weighted by Crippen LogP contribution is -1.91. The molecule has 0 spiro atoms. The number of aryl methyl sites for hydroxylation is 1. The fourth-order valence-electron chi connectivity index (χ4n) is 1.80. The second-order valence-electron chi connectivity index (χ2n) is 4.04. The second kappa shape index (κ2) is 5.36. The highest BCUT2D eigenvalue weighted by Gasteiger charge is 2.08. The van der Waals surface area contributed by atoms with Crippen LogP contribution in [0.4, 0.5) is 0 Å². The molecule has 1 aromatic carbocycles. The Morgan fingerprint density at radius 1 is 1.41 bits per heavy atom. The molecule has 0 aliphatic heterocycles. The number of aromatic nitrogens is 2. The van der Waals surface area contributed by atoms with E-state index < -0.39 is 0 Å². The Bertz CT molecular complexity index is 508. The van der Waals surface area contributed by atoms with Crippen LogP contribution in [0.15, 0.2) is 28.7 Å². The molecule has 0 unspecified atom stereocenters. The monoisotopic (exact) mass is 294 g/mol. The predicted molar refractivity (Wildman–Crippen MR) is 71.2 cm³/mol. The summed E-state index contributed by atoms with van der Waals surface area (Å²) in [4.78, 5) is 7.31. The summed E-state index contributed by atoms with van der Waals surface area (Å²) in [5, 5.41) is 9.64. The molecule has 0 radical (unpaired) electrons. The van der Waals surface area contributed by atoms with Gasteiger partial charge in [0.05, 0.1) is 5.69 Å². The molecule has 0 aliphatic rings.